The molecule has 0 saturated heterocycles. The summed E-state index contributed by atoms with van der Waals surface area (Å²) in [5.41, 5.74) is 1.65. The van der Waals surface area contributed by atoms with Gasteiger partial charge in [-0.25, -0.2) is 0 Å². The van der Waals surface area contributed by atoms with Crippen LogP contribution in [-0.4, -0.2) is 13.1 Å². The van der Waals surface area contributed by atoms with Crippen molar-refractivity contribution in [1.29, 1.82) is 0 Å². The van der Waals surface area contributed by atoms with Crippen molar-refractivity contribution in [2.45, 2.75) is 70.3 Å². The first-order valence-corrected chi connectivity index (χ1v) is 8.48. The van der Waals surface area contributed by atoms with E-state index in [9.17, 15) is 0 Å². The number of rotatable bonds is 7. The molecular weight excluding hydrogens is 238 g/mol. The van der Waals surface area contributed by atoms with Gasteiger partial charge in [0.2, 0.25) is 0 Å². The molecule has 0 fully saturated rings. The molecule has 2 unspecified atom stereocenters. The molecule has 1 N–H and O–H groups in total. The van der Waals surface area contributed by atoms with Crippen molar-refractivity contribution >= 4 is 11.3 Å². The van der Waals surface area contributed by atoms with Gasteiger partial charge in [-0.1, -0.05) is 32.6 Å². The maximum absolute atomic E-state index is 3.58. The van der Waals surface area contributed by atoms with Gasteiger partial charge in [-0.05, 0) is 49.7 Å². The van der Waals surface area contributed by atoms with Crippen LogP contribution in [0.15, 0.2) is 11.4 Å². The topological polar surface area (TPSA) is 12.0 Å². The minimum absolute atomic E-state index is 0.690. The highest BCUT2D eigenvalue weighted by molar-refractivity contribution is 7.10. The van der Waals surface area contributed by atoms with Crippen LogP contribution in [0.25, 0.3) is 0 Å². The summed E-state index contributed by atoms with van der Waals surface area (Å²) in [6, 6.07) is 3.07. The summed E-state index contributed by atoms with van der Waals surface area (Å²) >= 11 is 1.96. The lowest BCUT2D eigenvalue weighted by Crippen LogP contribution is -2.33. The zero-order valence-corrected chi connectivity index (χ0v) is 12.7. The molecule has 0 aliphatic heterocycles. The van der Waals surface area contributed by atoms with Gasteiger partial charge < -0.3 is 5.32 Å². The zero-order valence-electron chi connectivity index (χ0n) is 11.9. The summed E-state index contributed by atoms with van der Waals surface area (Å²) in [6.07, 6.45) is 10.9. The number of likely N-dealkylation sites (N-methyl/N-ethyl adjacent to an activating group) is 1. The molecule has 0 amide bonds. The van der Waals surface area contributed by atoms with Crippen LogP contribution >= 0.6 is 11.3 Å². The summed E-state index contributed by atoms with van der Waals surface area (Å²) in [7, 11) is 2.14. The molecule has 2 heteroatoms. The van der Waals surface area contributed by atoms with Crippen LogP contribution in [0.5, 0.6) is 0 Å². The Hall–Kier alpha value is -0.340. The van der Waals surface area contributed by atoms with Crippen LogP contribution in [0.4, 0.5) is 0 Å². The lowest BCUT2D eigenvalue weighted by molar-refractivity contribution is 0.383. The summed E-state index contributed by atoms with van der Waals surface area (Å²) in [5, 5.41) is 5.87. The fourth-order valence-electron chi connectivity index (χ4n) is 3.28. The molecule has 1 aromatic rings. The van der Waals surface area contributed by atoms with Crippen molar-refractivity contribution in [3.05, 3.63) is 21.9 Å². The van der Waals surface area contributed by atoms with Crippen LogP contribution < -0.4 is 5.32 Å². The van der Waals surface area contributed by atoms with Crippen molar-refractivity contribution in [1.82, 2.24) is 5.32 Å². The van der Waals surface area contributed by atoms with E-state index in [1.165, 1.54) is 51.4 Å². The maximum Gasteiger partial charge on any atom is 0.0133 e. The largest absolute Gasteiger partial charge is 0.316 e. The van der Waals surface area contributed by atoms with Gasteiger partial charge in [-0.15, -0.1) is 11.3 Å². The van der Waals surface area contributed by atoms with E-state index in [2.05, 4.69) is 30.7 Å². The third-order valence-electron chi connectivity index (χ3n) is 4.32. The molecule has 1 nitrogen and oxygen atoms in total. The maximum atomic E-state index is 3.58. The van der Waals surface area contributed by atoms with E-state index in [4.69, 9.17) is 0 Å². The molecular formula is C16H27NS. The van der Waals surface area contributed by atoms with Crippen molar-refractivity contribution in [3.8, 4) is 0 Å². The van der Waals surface area contributed by atoms with Gasteiger partial charge in [0.05, 0.1) is 0 Å². The number of fused-ring (bicyclic) bond motifs is 1. The minimum Gasteiger partial charge on any atom is -0.316 e. The Morgan fingerprint density at radius 1 is 1.39 bits per heavy atom. The third kappa shape index (κ3) is 3.36. The molecule has 1 aliphatic rings. The van der Waals surface area contributed by atoms with E-state index < -0.39 is 0 Å². The Kier molecular flexibility index (Phi) is 5.71. The number of hydrogen-bond acceptors (Lipinski definition) is 2. The first-order chi connectivity index (χ1) is 8.86. The average Bonchev–Trinajstić information content (AvgIpc) is 2.87. The highest BCUT2D eigenvalue weighted by Crippen LogP contribution is 2.38. The van der Waals surface area contributed by atoms with Crippen LogP contribution in [0.2, 0.25) is 0 Å². The van der Waals surface area contributed by atoms with E-state index >= 15 is 0 Å². The zero-order chi connectivity index (χ0) is 12.8. The number of unbranched alkanes of at least 4 members (excludes halogenated alkanes) is 3. The van der Waals surface area contributed by atoms with E-state index in [1.54, 1.807) is 10.4 Å². The molecule has 2 atom stereocenters. The second kappa shape index (κ2) is 7.30. The molecule has 1 aromatic heterocycles. The Balaban J connectivity index is 1.92. The van der Waals surface area contributed by atoms with Gasteiger partial charge in [0.1, 0.15) is 0 Å². The molecule has 1 aliphatic carbocycles. The van der Waals surface area contributed by atoms with Crippen LogP contribution in [0.3, 0.4) is 0 Å². The number of hydrogen-bond donors (Lipinski definition) is 1. The first-order valence-electron chi connectivity index (χ1n) is 7.60. The summed E-state index contributed by atoms with van der Waals surface area (Å²) in [6.45, 7) is 2.29. The monoisotopic (exact) mass is 265 g/mol. The predicted molar refractivity (Wildman–Crippen MR) is 81.6 cm³/mol. The predicted octanol–water partition coefficient (Wildman–Crippen LogP) is 4.73. The third-order valence-corrected chi connectivity index (χ3v) is 5.32. The SMILES string of the molecule is CCCCCCC(NC)C1CCCc2sccc21. The molecule has 1 heterocycles. The highest BCUT2D eigenvalue weighted by atomic mass is 32.1. The Bertz CT molecular complexity index is 345. The van der Waals surface area contributed by atoms with Crippen LogP contribution in [-0.2, 0) is 6.42 Å². The number of aryl methyl sites for hydroxylation is 1. The Morgan fingerprint density at radius 2 is 2.28 bits per heavy atom. The summed E-state index contributed by atoms with van der Waals surface area (Å²) < 4.78 is 0. The number of thiophene rings is 1. The molecule has 102 valence electrons. The smallest absolute Gasteiger partial charge is 0.0133 e. The molecule has 0 bridgehead atoms. The lowest BCUT2D eigenvalue weighted by atomic mass is 9.80. The van der Waals surface area contributed by atoms with Crippen LogP contribution in [0, 0.1) is 0 Å². The molecule has 0 radical (unpaired) electrons. The second-order valence-corrected chi connectivity index (χ2v) is 6.54. The van der Waals surface area contributed by atoms with E-state index in [0.29, 0.717) is 6.04 Å². The van der Waals surface area contributed by atoms with Gasteiger partial charge in [0.25, 0.3) is 0 Å². The summed E-state index contributed by atoms with van der Waals surface area (Å²) in [4.78, 5) is 1.65. The standard InChI is InChI=1S/C16H27NS/c1-3-4-5-6-9-15(17-2)13-8-7-10-16-14(13)11-12-18-16/h11-13,15,17H,3-10H2,1-2H3. The normalized spacial score (nSPS) is 20.7. The lowest BCUT2D eigenvalue weighted by Gasteiger charge is -2.30. The number of nitrogens with one attached hydrogen (secondary N) is 1. The van der Waals surface area contributed by atoms with Crippen LogP contribution in [0.1, 0.15) is 68.2 Å². The summed E-state index contributed by atoms with van der Waals surface area (Å²) in [5.74, 6) is 0.770. The Labute approximate surface area is 116 Å². The fraction of sp³-hybridized carbons (Fsp3) is 0.750. The molecule has 0 aromatic carbocycles. The van der Waals surface area contributed by atoms with Crippen molar-refractivity contribution < 1.29 is 0 Å². The Morgan fingerprint density at radius 3 is 3.06 bits per heavy atom. The van der Waals surface area contributed by atoms with Crippen molar-refractivity contribution in [3.63, 3.8) is 0 Å². The van der Waals surface area contributed by atoms with Gasteiger partial charge in [-0.2, -0.15) is 0 Å². The highest BCUT2D eigenvalue weighted by Gasteiger charge is 2.27. The van der Waals surface area contributed by atoms with Crippen molar-refractivity contribution in [2.75, 3.05) is 7.05 Å². The fourth-order valence-corrected chi connectivity index (χ4v) is 4.27. The molecule has 0 saturated carbocycles. The van der Waals surface area contributed by atoms with E-state index in [-0.39, 0.29) is 0 Å². The second-order valence-electron chi connectivity index (χ2n) is 5.54. The van der Waals surface area contributed by atoms with Gasteiger partial charge in [-0.3, -0.25) is 0 Å². The van der Waals surface area contributed by atoms with Gasteiger partial charge in [0, 0.05) is 16.8 Å². The quantitative estimate of drug-likeness (QED) is 0.703. The van der Waals surface area contributed by atoms with Crippen molar-refractivity contribution in [2.24, 2.45) is 0 Å². The average molecular weight is 265 g/mol. The molecule has 0 spiro atoms. The van der Waals surface area contributed by atoms with E-state index in [1.807, 2.05) is 11.3 Å². The first kappa shape index (κ1) is 14.1. The van der Waals surface area contributed by atoms with E-state index in [0.717, 1.165) is 5.92 Å². The molecule has 18 heavy (non-hydrogen) atoms. The molecule has 2 rings (SSSR count). The van der Waals surface area contributed by atoms with Gasteiger partial charge in [0.15, 0.2) is 0 Å². The van der Waals surface area contributed by atoms with Gasteiger partial charge >= 0.3 is 0 Å². The minimum atomic E-state index is 0.690.